The molecule has 0 atom stereocenters. The quantitative estimate of drug-likeness (QED) is 0.800. The van der Waals surface area contributed by atoms with Crippen molar-refractivity contribution in [1.29, 1.82) is 0 Å². The van der Waals surface area contributed by atoms with Gasteiger partial charge in [-0.3, -0.25) is 5.32 Å². The molecular formula is C17H21N5O2. The van der Waals surface area contributed by atoms with Crippen molar-refractivity contribution in [1.82, 2.24) is 20.6 Å². The number of benzene rings is 1. The van der Waals surface area contributed by atoms with Crippen LogP contribution < -0.4 is 20.7 Å². The first-order chi connectivity index (χ1) is 11.8. The Morgan fingerprint density at radius 3 is 2.83 bits per heavy atom. The molecule has 1 fully saturated rings. The molecule has 1 aliphatic heterocycles. The van der Waals surface area contributed by atoms with E-state index in [0.717, 1.165) is 37.2 Å². The number of nitrogens with zero attached hydrogens (tertiary/aromatic N) is 2. The third kappa shape index (κ3) is 3.99. The lowest BCUT2D eigenvalue weighted by molar-refractivity contribution is 0.245. The summed E-state index contributed by atoms with van der Waals surface area (Å²) in [6, 6.07) is 9.29. The summed E-state index contributed by atoms with van der Waals surface area (Å²) in [6.07, 6.45) is 3.30. The molecular weight excluding hydrogens is 306 g/mol. The van der Waals surface area contributed by atoms with Gasteiger partial charge < -0.3 is 15.4 Å². The summed E-state index contributed by atoms with van der Waals surface area (Å²) in [5.41, 5.74) is 1.55. The molecule has 0 radical (unpaired) electrons. The number of amides is 2. The molecule has 2 aromatic rings. The SMILES string of the molecule is COc1ccccc1-c1cc(NC(=O)NC2CCNCC2)ncn1. The lowest BCUT2D eigenvalue weighted by Crippen LogP contribution is -2.44. The van der Waals surface area contributed by atoms with E-state index in [-0.39, 0.29) is 12.1 Å². The van der Waals surface area contributed by atoms with E-state index in [4.69, 9.17) is 4.74 Å². The van der Waals surface area contributed by atoms with Crippen molar-refractivity contribution in [3.05, 3.63) is 36.7 Å². The van der Waals surface area contributed by atoms with Crippen molar-refractivity contribution in [2.24, 2.45) is 0 Å². The van der Waals surface area contributed by atoms with Gasteiger partial charge in [0, 0.05) is 17.7 Å². The normalized spacial score (nSPS) is 14.9. The minimum absolute atomic E-state index is 0.196. The van der Waals surface area contributed by atoms with Crippen molar-refractivity contribution >= 4 is 11.8 Å². The highest BCUT2D eigenvalue weighted by Gasteiger charge is 2.16. The number of anilines is 1. The number of hydrogen-bond donors (Lipinski definition) is 3. The number of piperidine rings is 1. The fraction of sp³-hybridized carbons (Fsp3) is 0.353. The van der Waals surface area contributed by atoms with Crippen LogP contribution in [0.15, 0.2) is 36.7 Å². The van der Waals surface area contributed by atoms with Crippen molar-refractivity contribution in [3.63, 3.8) is 0 Å². The minimum Gasteiger partial charge on any atom is -0.496 e. The molecule has 1 aromatic carbocycles. The van der Waals surface area contributed by atoms with Gasteiger partial charge in [-0.15, -0.1) is 0 Å². The number of para-hydroxylation sites is 1. The van der Waals surface area contributed by atoms with Gasteiger partial charge in [0.05, 0.1) is 12.8 Å². The number of hydrogen-bond acceptors (Lipinski definition) is 5. The lowest BCUT2D eigenvalue weighted by atomic mass is 10.1. The number of nitrogens with one attached hydrogen (secondary N) is 3. The van der Waals surface area contributed by atoms with Crippen molar-refractivity contribution in [3.8, 4) is 17.0 Å². The summed E-state index contributed by atoms with van der Waals surface area (Å²) in [5, 5.41) is 9.02. The van der Waals surface area contributed by atoms with Crippen LogP contribution >= 0.6 is 0 Å². The molecule has 7 heteroatoms. The second kappa shape index (κ2) is 7.74. The first-order valence-corrected chi connectivity index (χ1v) is 8.00. The molecule has 1 saturated heterocycles. The number of methoxy groups -OCH3 is 1. The first-order valence-electron chi connectivity index (χ1n) is 8.00. The molecule has 0 aliphatic carbocycles. The molecule has 0 saturated carbocycles. The van der Waals surface area contributed by atoms with Crippen molar-refractivity contribution in [2.75, 3.05) is 25.5 Å². The molecule has 0 unspecified atom stereocenters. The summed E-state index contributed by atoms with van der Waals surface area (Å²) in [6.45, 7) is 1.85. The number of aromatic nitrogens is 2. The van der Waals surface area contributed by atoms with Crippen LogP contribution in [-0.4, -0.2) is 42.2 Å². The maximum atomic E-state index is 12.1. The number of carbonyl (C=O) groups is 1. The van der Waals surface area contributed by atoms with Crippen LogP contribution in [0, 0.1) is 0 Å². The largest absolute Gasteiger partial charge is 0.496 e. The molecule has 3 N–H and O–H groups in total. The highest BCUT2D eigenvalue weighted by molar-refractivity contribution is 5.89. The average Bonchev–Trinajstić information content (AvgIpc) is 2.62. The summed E-state index contributed by atoms with van der Waals surface area (Å²) in [7, 11) is 1.62. The molecule has 1 aromatic heterocycles. The second-order valence-electron chi connectivity index (χ2n) is 5.61. The second-order valence-corrected chi connectivity index (χ2v) is 5.61. The van der Waals surface area contributed by atoms with Gasteiger partial charge in [0.15, 0.2) is 0 Å². The van der Waals surface area contributed by atoms with E-state index in [1.165, 1.54) is 6.33 Å². The predicted molar refractivity (Wildman–Crippen MR) is 92.1 cm³/mol. The number of urea groups is 1. The molecule has 0 spiro atoms. The zero-order valence-corrected chi connectivity index (χ0v) is 13.6. The van der Waals surface area contributed by atoms with Crippen LogP contribution in [-0.2, 0) is 0 Å². The van der Waals surface area contributed by atoms with Crippen molar-refractivity contribution < 1.29 is 9.53 Å². The Hall–Kier alpha value is -2.67. The highest BCUT2D eigenvalue weighted by atomic mass is 16.5. The summed E-state index contributed by atoms with van der Waals surface area (Å²) in [5.74, 6) is 1.18. The third-order valence-electron chi connectivity index (χ3n) is 3.97. The standard InChI is InChI=1S/C17H21N5O2/c1-24-15-5-3-2-4-13(15)14-10-16(20-11-19-14)22-17(23)21-12-6-8-18-9-7-12/h2-5,10-12,18H,6-9H2,1H3,(H2,19,20,21,22,23). The first kappa shape index (κ1) is 16.2. The van der Waals surface area contributed by atoms with Gasteiger partial charge in [-0.25, -0.2) is 14.8 Å². The Labute approximate surface area is 140 Å². The van der Waals surface area contributed by atoms with E-state index in [1.54, 1.807) is 13.2 Å². The molecule has 2 amide bonds. The Kier molecular flexibility index (Phi) is 5.22. The lowest BCUT2D eigenvalue weighted by Gasteiger charge is -2.23. The smallest absolute Gasteiger partial charge is 0.320 e. The van der Waals surface area contributed by atoms with Gasteiger partial charge >= 0.3 is 6.03 Å². The Morgan fingerprint density at radius 2 is 2.04 bits per heavy atom. The van der Waals surface area contributed by atoms with Crippen LogP contribution in [0.2, 0.25) is 0 Å². The van der Waals surface area contributed by atoms with Gasteiger partial charge in [0.1, 0.15) is 17.9 Å². The maximum absolute atomic E-state index is 12.1. The Morgan fingerprint density at radius 1 is 1.25 bits per heavy atom. The number of ether oxygens (including phenoxy) is 1. The van der Waals surface area contributed by atoms with Crippen LogP contribution in [0.4, 0.5) is 10.6 Å². The minimum atomic E-state index is -0.244. The Balaban J connectivity index is 1.70. The van der Waals surface area contributed by atoms with E-state index >= 15 is 0 Å². The third-order valence-corrected chi connectivity index (χ3v) is 3.97. The summed E-state index contributed by atoms with van der Waals surface area (Å²) in [4.78, 5) is 20.5. The molecule has 2 heterocycles. The fourth-order valence-corrected chi connectivity index (χ4v) is 2.73. The molecule has 24 heavy (non-hydrogen) atoms. The predicted octanol–water partition coefficient (Wildman–Crippen LogP) is 2.03. The topological polar surface area (TPSA) is 88.2 Å². The maximum Gasteiger partial charge on any atom is 0.320 e. The number of rotatable bonds is 4. The highest BCUT2D eigenvalue weighted by Crippen LogP contribution is 2.28. The molecule has 1 aliphatic rings. The molecule has 7 nitrogen and oxygen atoms in total. The summed E-state index contributed by atoms with van der Waals surface area (Å²) < 4.78 is 5.36. The van der Waals surface area contributed by atoms with E-state index < -0.39 is 0 Å². The van der Waals surface area contributed by atoms with Crippen LogP contribution in [0.3, 0.4) is 0 Å². The van der Waals surface area contributed by atoms with Gasteiger partial charge in [-0.2, -0.15) is 0 Å². The van der Waals surface area contributed by atoms with Gasteiger partial charge in [0.2, 0.25) is 0 Å². The van der Waals surface area contributed by atoms with E-state index in [1.807, 2.05) is 24.3 Å². The molecule has 126 valence electrons. The fourth-order valence-electron chi connectivity index (χ4n) is 2.73. The zero-order chi connectivity index (χ0) is 16.8. The monoisotopic (exact) mass is 327 g/mol. The van der Waals surface area contributed by atoms with Crippen LogP contribution in [0.5, 0.6) is 5.75 Å². The molecule has 3 rings (SSSR count). The van der Waals surface area contributed by atoms with E-state index in [9.17, 15) is 4.79 Å². The average molecular weight is 327 g/mol. The van der Waals surface area contributed by atoms with Crippen LogP contribution in [0.1, 0.15) is 12.8 Å². The summed E-state index contributed by atoms with van der Waals surface area (Å²) >= 11 is 0. The van der Waals surface area contributed by atoms with Gasteiger partial charge in [-0.05, 0) is 38.1 Å². The molecule has 0 bridgehead atoms. The van der Waals surface area contributed by atoms with Crippen LogP contribution in [0.25, 0.3) is 11.3 Å². The Bertz CT molecular complexity index is 701. The van der Waals surface area contributed by atoms with Crippen molar-refractivity contribution in [2.45, 2.75) is 18.9 Å². The van der Waals surface area contributed by atoms with Gasteiger partial charge in [-0.1, -0.05) is 12.1 Å². The van der Waals surface area contributed by atoms with E-state index in [2.05, 4.69) is 25.9 Å². The number of carbonyl (C=O) groups excluding carboxylic acids is 1. The zero-order valence-electron chi connectivity index (χ0n) is 13.6. The van der Waals surface area contributed by atoms with E-state index in [0.29, 0.717) is 11.5 Å². The van der Waals surface area contributed by atoms with Gasteiger partial charge in [0.25, 0.3) is 0 Å².